The van der Waals surface area contributed by atoms with Crippen molar-refractivity contribution in [1.82, 2.24) is 10.3 Å². The lowest BCUT2D eigenvalue weighted by atomic mass is 10.1. The quantitative estimate of drug-likeness (QED) is 0.230. The van der Waals surface area contributed by atoms with E-state index in [2.05, 4.69) is 44.1 Å². The van der Waals surface area contributed by atoms with Crippen molar-refractivity contribution in [2.45, 2.75) is 60.3 Å². The van der Waals surface area contributed by atoms with E-state index >= 15 is 0 Å². The Hall–Kier alpha value is -3.57. The first kappa shape index (κ1) is 29.7. The van der Waals surface area contributed by atoms with Crippen LogP contribution in [0, 0.1) is 17.2 Å². The van der Waals surface area contributed by atoms with Crippen LogP contribution in [0.2, 0.25) is 0 Å². The molecule has 0 radical (unpaired) electrons. The Balaban J connectivity index is 0.000000235. The predicted octanol–water partition coefficient (Wildman–Crippen LogP) is 8.20. The molecule has 4 aromatic rings. The van der Waals surface area contributed by atoms with E-state index in [1.54, 1.807) is 20.3 Å². The van der Waals surface area contributed by atoms with Gasteiger partial charge in [0.2, 0.25) is 0 Å². The zero-order valence-corrected chi connectivity index (χ0v) is 23.6. The van der Waals surface area contributed by atoms with Crippen LogP contribution >= 0.6 is 11.3 Å². The third-order valence-electron chi connectivity index (χ3n) is 5.22. The number of benzene rings is 1. The largest absolute Gasteiger partial charge is 0.493 e. The van der Waals surface area contributed by atoms with Gasteiger partial charge < -0.3 is 18.5 Å². The maximum absolute atomic E-state index is 8.67. The minimum Gasteiger partial charge on any atom is -0.493 e. The van der Waals surface area contributed by atoms with Gasteiger partial charge in [-0.25, -0.2) is 0 Å². The van der Waals surface area contributed by atoms with Crippen LogP contribution in [0.3, 0.4) is 0 Å². The highest BCUT2D eigenvalue weighted by atomic mass is 32.1. The molecule has 0 spiro atoms. The minimum absolute atomic E-state index is 0.535. The molecule has 8 heteroatoms. The Morgan fingerprint density at radius 2 is 1.59 bits per heavy atom. The zero-order chi connectivity index (χ0) is 27.2. The molecule has 0 aliphatic heterocycles. The van der Waals surface area contributed by atoms with Gasteiger partial charge in [0.25, 0.3) is 0 Å². The Morgan fingerprint density at radius 1 is 0.919 bits per heavy atom. The van der Waals surface area contributed by atoms with Gasteiger partial charge in [-0.05, 0) is 30.2 Å². The molecular formula is C29H37N3O4S. The minimum atomic E-state index is 0.535. The SMILES string of the molecule is CCCC.CCc1cc(-c2ccc(C#N)s2)no1.COc1cccc(-c2cc(CC(C)C)on2)c1OC. The Bertz CT molecular complexity index is 1250. The van der Waals surface area contributed by atoms with Crippen molar-refractivity contribution in [3.63, 3.8) is 0 Å². The van der Waals surface area contributed by atoms with Crippen molar-refractivity contribution in [2.75, 3.05) is 14.2 Å². The van der Waals surface area contributed by atoms with E-state index in [4.69, 9.17) is 23.8 Å². The summed E-state index contributed by atoms with van der Waals surface area (Å²) in [7, 11) is 3.24. The summed E-state index contributed by atoms with van der Waals surface area (Å²) in [5.74, 6) is 3.65. The fourth-order valence-corrected chi connectivity index (χ4v) is 3.91. The summed E-state index contributed by atoms with van der Waals surface area (Å²) in [5.41, 5.74) is 2.46. The second-order valence-electron chi connectivity index (χ2n) is 8.63. The first-order valence-electron chi connectivity index (χ1n) is 12.5. The molecule has 7 nitrogen and oxygen atoms in total. The Morgan fingerprint density at radius 3 is 2.14 bits per heavy atom. The summed E-state index contributed by atoms with van der Waals surface area (Å²) in [5, 5.41) is 16.7. The average molecular weight is 524 g/mol. The van der Waals surface area contributed by atoms with Crippen LogP contribution in [0.5, 0.6) is 11.5 Å². The van der Waals surface area contributed by atoms with Crippen molar-refractivity contribution in [1.29, 1.82) is 5.26 Å². The maximum atomic E-state index is 8.67. The van der Waals surface area contributed by atoms with Crippen molar-refractivity contribution < 1.29 is 18.5 Å². The van der Waals surface area contributed by atoms with E-state index in [-0.39, 0.29) is 0 Å². The van der Waals surface area contributed by atoms with Crippen LogP contribution in [-0.2, 0) is 12.8 Å². The highest BCUT2D eigenvalue weighted by Crippen LogP contribution is 2.37. The molecule has 0 bridgehead atoms. The van der Waals surface area contributed by atoms with Gasteiger partial charge in [-0.15, -0.1) is 11.3 Å². The van der Waals surface area contributed by atoms with Crippen LogP contribution < -0.4 is 9.47 Å². The molecule has 0 N–H and O–H groups in total. The van der Waals surface area contributed by atoms with Gasteiger partial charge in [0.1, 0.15) is 33.9 Å². The fourth-order valence-electron chi connectivity index (χ4n) is 3.16. The number of hydrogen-bond acceptors (Lipinski definition) is 8. The van der Waals surface area contributed by atoms with Gasteiger partial charge in [0, 0.05) is 30.5 Å². The third-order valence-corrected chi connectivity index (χ3v) is 6.24. The molecule has 0 aliphatic rings. The zero-order valence-electron chi connectivity index (χ0n) is 22.8. The summed E-state index contributed by atoms with van der Waals surface area (Å²) >= 11 is 1.43. The molecule has 3 heterocycles. The van der Waals surface area contributed by atoms with Gasteiger partial charge in [0.15, 0.2) is 11.5 Å². The van der Waals surface area contributed by atoms with Gasteiger partial charge in [-0.1, -0.05) is 63.8 Å². The highest BCUT2D eigenvalue weighted by Gasteiger charge is 2.15. The number of aryl methyl sites for hydroxylation is 1. The first-order valence-corrected chi connectivity index (χ1v) is 13.3. The van der Waals surface area contributed by atoms with Crippen LogP contribution in [0.25, 0.3) is 21.8 Å². The molecule has 37 heavy (non-hydrogen) atoms. The smallest absolute Gasteiger partial charge is 0.170 e. The Kier molecular flexibility index (Phi) is 12.4. The lowest BCUT2D eigenvalue weighted by Crippen LogP contribution is -1.93. The maximum Gasteiger partial charge on any atom is 0.170 e. The van der Waals surface area contributed by atoms with Crippen molar-refractivity contribution in [2.24, 2.45) is 5.92 Å². The number of unbranched alkanes of at least 4 members (excludes halogenated alkanes) is 1. The number of nitrogens with zero attached hydrogens (tertiary/aromatic N) is 3. The van der Waals surface area contributed by atoms with Crippen molar-refractivity contribution in [3.8, 4) is 39.4 Å². The number of methoxy groups -OCH3 is 2. The van der Waals surface area contributed by atoms with Gasteiger partial charge in [-0.3, -0.25) is 0 Å². The number of thiophene rings is 1. The molecule has 0 atom stereocenters. The number of hydrogen-bond donors (Lipinski definition) is 0. The van der Waals surface area contributed by atoms with Crippen molar-refractivity contribution in [3.05, 3.63) is 58.9 Å². The molecule has 1 aromatic carbocycles. The number of ether oxygens (including phenoxy) is 2. The Labute approximate surface area is 224 Å². The van der Waals surface area contributed by atoms with E-state index in [0.717, 1.165) is 46.2 Å². The van der Waals surface area contributed by atoms with E-state index in [0.29, 0.717) is 22.3 Å². The summed E-state index contributed by atoms with van der Waals surface area (Å²) < 4.78 is 21.1. The molecule has 4 rings (SSSR count). The summed E-state index contributed by atoms with van der Waals surface area (Å²) in [6, 6.07) is 15.4. The van der Waals surface area contributed by atoms with Crippen molar-refractivity contribution >= 4 is 11.3 Å². The number of rotatable bonds is 8. The summed E-state index contributed by atoms with van der Waals surface area (Å²) in [6.07, 6.45) is 4.35. The fraction of sp³-hybridized carbons (Fsp3) is 0.414. The monoisotopic (exact) mass is 523 g/mol. The van der Waals surface area contributed by atoms with Crippen LogP contribution in [0.15, 0.2) is 51.5 Å². The van der Waals surface area contributed by atoms with Gasteiger partial charge in [0.05, 0.1) is 19.1 Å². The molecular weight excluding hydrogens is 486 g/mol. The number of aromatic nitrogens is 2. The van der Waals surface area contributed by atoms with Gasteiger partial charge in [-0.2, -0.15) is 5.26 Å². The average Bonchev–Trinajstić information content (AvgIpc) is 3.69. The second-order valence-corrected chi connectivity index (χ2v) is 9.71. The normalized spacial score (nSPS) is 10.1. The van der Waals surface area contributed by atoms with Crippen LogP contribution in [0.1, 0.15) is 63.9 Å². The second kappa shape index (κ2) is 15.5. The highest BCUT2D eigenvalue weighted by molar-refractivity contribution is 7.15. The molecule has 3 aromatic heterocycles. The predicted molar refractivity (Wildman–Crippen MR) is 148 cm³/mol. The lowest BCUT2D eigenvalue weighted by Gasteiger charge is -2.10. The summed E-state index contributed by atoms with van der Waals surface area (Å²) in [4.78, 5) is 1.67. The van der Waals surface area contributed by atoms with E-state index in [1.165, 1.54) is 24.2 Å². The molecule has 0 amide bonds. The molecule has 0 unspecified atom stereocenters. The van der Waals surface area contributed by atoms with E-state index < -0.39 is 0 Å². The van der Waals surface area contributed by atoms with Crippen LogP contribution in [-0.4, -0.2) is 24.5 Å². The molecule has 198 valence electrons. The van der Waals surface area contributed by atoms with Crippen LogP contribution in [0.4, 0.5) is 0 Å². The topological polar surface area (TPSA) is 94.3 Å². The number of nitriles is 1. The molecule has 0 saturated carbocycles. The first-order chi connectivity index (χ1) is 17.9. The molecule has 0 fully saturated rings. The summed E-state index contributed by atoms with van der Waals surface area (Å²) in [6.45, 7) is 10.7. The number of para-hydroxylation sites is 1. The molecule has 0 saturated heterocycles. The lowest BCUT2D eigenvalue weighted by molar-refractivity contribution is 0.354. The van der Waals surface area contributed by atoms with E-state index in [9.17, 15) is 0 Å². The third kappa shape index (κ3) is 8.80. The van der Waals surface area contributed by atoms with Gasteiger partial charge >= 0.3 is 0 Å². The van der Waals surface area contributed by atoms with E-state index in [1.807, 2.05) is 43.3 Å². The molecule has 0 aliphatic carbocycles. The standard InChI is InChI=1S/C15H19NO3.C10H8N2OS.C4H10/c1-10(2)8-11-9-13(16-19-11)12-6-5-7-14(17-3)15(12)18-4;1-2-7-5-9(12-13-7)10-4-3-8(6-11)14-10;1-3-4-2/h5-7,9-10H,8H2,1-4H3;3-5H,2H2,1H3;3-4H2,1-2H3.